The number of nitriles is 1. The van der Waals surface area contributed by atoms with Crippen molar-refractivity contribution in [2.45, 2.75) is 20.8 Å². The maximum absolute atomic E-state index is 8.69. The van der Waals surface area contributed by atoms with Gasteiger partial charge < -0.3 is 5.11 Å². The molecule has 50 valence electrons. The molecule has 2 heteroatoms. The summed E-state index contributed by atoms with van der Waals surface area (Å²) < 4.78 is 0. The van der Waals surface area contributed by atoms with Gasteiger partial charge in [0.1, 0.15) is 6.07 Å². The third-order valence-electron chi connectivity index (χ3n) is 0.684. The molecule has 1 N–H and O–H groups in total. The van der Waals surface area contributed by atoms with Gasteiger partial charge >= 0.3 is 0 Å². The Morgan fingerprint density at radius 3 is 2.11 bits per heavy atom. The quantitative estimate of drug-likeness (QED) is 0.305. The Balaban J connectivity index is 4.17. The van der Waals surface area contributed by atoms with Crippen molar-refractivity contribution in [1.82, 2.24) is 0 Å². The standard InChI is InChI=1S/C7H11NO/c1-7(2,3)4-6(9)5-8/h4,9H,1-3H3/b6-4-. The lowest BCUT2D eigenvalue weighted by atomic mass is 9.96. The Hall–Kier alpha value is -0.970. The van der Waals surface area contributed by atoms with E-state index in [4.69, 9.17) is 10.4 Å². The molecule has 0 heterocycles. The molecule has 0 aliphatic heterocycles. The Kier molecular flexibility index (Phi) is 2.27. The molecule has 0 radical (unpaired) electrons. The van der Waals surface area contributed by atoms with Gasteiger partial charge in [-0.05, 0) is 11.5 Å². The smallest absolute Gasteiger partial charge is 0.190 e. The highest BCUT2D eigenvalue weighted by Crippen LogP contribution is 2.15. The molecule has 0 rings (SSSR count). The van der Waals surface area contributed by atoms with E-state index in [0.29, 0.717) is 0 Å². The van der Waals surface area contributed by atoms with Gasteiger partial charge in [0.2, 0.25) is 0 Å². The molecule has 0 aromatic heterocycles. The zero-order chi connectivity index (χ0) is 7.49. The fraction of sp³-hybridized carbons (Fsp3) is 0.571. The number of nitrogens with zero attached hydrogens (tertiary/aromatic N) is 1. The summed E-state index contributed by atoms with van der Waals surface area (Å²) in [6, 6.07) is 1.64. The van der Waals surface area contributed by atoms with Crippen molar-refractivity contribution >= 4 is 0 Å². The normalized spacial score (nSPS) is 12.9. The van der Waals surface area contributed by atoms with Gasteiger partial charge in [-0.3, -0.25) is 0 Å². The Labute approximate surface area is 55.4 Å². The molecular weight excluding hydrogens is 114 g/mol. The minimum Gasteiger partial charge on any atom is -0.499 e. The Bertz CT molecular complexity index is 157. The summed E-state index contributed by atoms with van der Waals surface area (Å²) in [5.74, 6) is -0.206. The highest BCUT2D eigenvalue weighted by Gasteiger charge is 2.06. The van der Waals surface area contributed by atoms with Gasteiger partial charge in [0.15, 0.2) is 5.76 Å². The largest absolute Gasteiger partial charge is 0.499 e. The second-order valence-corrected chi connectivity index (χ2v) is 3.01. The van der Waals surface area contributed by atoms with Crippen molar-refractivity contribution in [3.8, 4) is 6.07 Å². The topological polar surface area (TPSA) is 44.0 Å². The molecule has 2 nitrogen and oxygen atoms in total. The summed E-state index contributed by atoms with van der Waals surface area (Å²) in [6.07, 6.45) is 1.52. The molecule has 0 bridgehead atoms. The number of aliphatic hydroxyl groups is 1. The maximum Gasteiger partial charge on any atom is 0.190 e. The van der Waals surface area contributed by atoms with Crippen LogP contribution in [0.25, 0.3) is 0 Å². The van der Waals surface area contributed by atoms with Crippen LogP contribution in [-0.2, 0) is 0 Å². The van der Waals surface area contributed by atoms with E-state index < -0.39 is 0 Å². The number of hydrogen-bond acceptors (Lipinski definition) is 2. The van der Waals surface area contributed by atoms with E-state index in [1.165, 1.54) is 6.08 Å². The minimum atomic E-state index is -0.206. The molecule has 0 aromatic rings. The van der Waals surface area contributed by atoms with Crippen LogP contribution in [0.1, 0.15) is 20.8 Å². The zero-order valence-corrected chi connectivity index (χ0v) is 5.97. The number of rotatable bonds is 0. The average molecular weight is 125 g/mol. The molecule has 0 amide bonds. The van der Waals surface area contributed by atoms with Crippen molar-refractivity contribution in [1.29, 1.82) is 5.26 Å². The summed E-state index contributed by atoms with van der Waals surface area (Å²) in [5, 5.41) is 16.8. The molecule has 0 saturated heterocycles. The van der Waals surface area contributed by atoms with Crippen LogP contribution in [0.2, 0.25) is 0 Å². The third-order valence-corrected chi connectivity index (χ3v) is 0.684. The summed E-state index contributed by atoms with van der Waals surface area (Å²) in [5.41, 5.74) is -0.111. The van der Waals surface area contributed by atoms with Crippen LogP contribution in [0, 0.1) is 16.7 Å². The van der Waals surface area contributed by atoms with E-state index in [9.17, 15) is 0 Å². The second kappa shape index (κ2) is 2.54. The molecule has 0 fully saturated rings. The van der Waals surface area contributed by atoms with Crippen LogP contribution >= 0.6 is 0 Å². The number of aliphatic hydroxyl groups excluding tert-OH is 1. The molecule has 0 aliphatic rings. The first-order valence-electron chi connectivity index (χ1n) is 2.77. The predicted octanol–water partition coefficient (Wildman–Crippen LogP) is 2.00. The molecule has 0 atom stereocenters. The summed E-state index contributed by atoms with van der Waals surface area (Å²) >= 11 is 0. The predicted molar refractivity (Wildman–Crippen MR) is 35.8 cm³/mol. The Morgan fingerprint density at radius 2 is 2.00 bits per heavy atom. The van der Waals surface area contributed by atoms with Crippen molar-refractivity contribution in [2.24, 2.45) is 5.41 Å². The van der Waals surface area contributed by atoms with Gasteiger partial charge in [-0.15, -0.1) is 0 Å². The summed E-state index contributed by atoms with van der Waals surface area (Å²) in [7, 11) is 0. The molecular formula is C7H11NO. The first-order chi connectivity index (χ1) is 3.95. The van der Waals surface area contributed by atoms with Crippen molar-refractivity contribution < 1.29 is 5.11 Å². The van der Waals surface area contributed by atoms with Crippen LogP contribution in [0.15, 0.2) is 11.8 Å². The van der Waals surface area contributed by atoms with Gasteiger partial charge in [0.05, 0.1) is 0 Å². The van der Waals surface area contributed by atoms with Crippen molar-refractivity contribution in [3.63, 3.8) is 0 Å². The number of allylic oxidation sites excluding steroid dienone is 2. The maximum atomic E-state index is 8.69. The third kappa shape index (κ3) is 4.89. The van der Waals surface area contributed by atoms with Gasteiger partial charge in [-0.1, -0.05) is 20.8 Å². The zero-order valence-electron chi connectivity index (χ0n) is 5.97. The van der Waals surface area contributed by atoms with Crippen LogP contribution in [0.5, 0.6) is 0 Å². The molecule has 0 aliphatic carbocycles. The van der Waals surface area contributed by atoms with Gasteiger partial charge in [-0.25, -0.2) is 0 Å². The lowest BCUT2D eigenvalue weighted by Crippen LogP contribution is -2.00. The fourth-order valence-corrected chi connectivity index (χ4v) is 0.442. The van der Waals surface area contributed by atoms with Crippen LogP contribution in [0.3, 0.4) is 0 Å². The van der Waals surface area contributed by atoms with E-state index in [1.807, 2.05) is 20.8 Å². The van der Waals surface area contributed by atoms with Crippen molar-refractivity contribution in [3.05, 3.63) is 11.8 Å². The van der Waals surface area contributed by atoms with Gasteiger partial charge in [-0.2, -0.15) is 5.26 Å². The monoisotopic (exact) mass is 125 g/mol. The highest BCUT2D eigenvalue weighted by atomic mass is 16.3. The molecule has 0 spiro atoms. The van der Waals surface area contributed by atoms with E-state index in [1.54, 1.807) is 6.07 Å². The lowest BCUT2D eigenvalue weighted by molar-refractivity contribution is 0.413. The summed E-state index contributed by atoms with van der Waals surface area (Å²) in [4.78, 5) is 0. The second-order valence-electron chi connectivity index (χ2n) is 3.01. The van der Waals surface area contributed by atoms with E-state index >= 15 is 0 Å². The van der Waals surface area contributed by atoms with Gasteiger partial charge in [0, 0.05) is 0 Å². The number of hydrogen-bond donors (Lipinski definition) is 1. The molecule has 0 aromatic carbocycles. The van der Waals surface area contributed by atoms with Crippen LogP contribution in [-0.4, -0.2) is 5.11 Å². The highest BCUT2D eigenvalue weighted by molar-refractivity contribution is 5.13. The first kappa shape index (κ1) is 8.03. The molecule has 9 heavy (non-hydrogen) atoms. The molecule has 0 saturated carbocycles. The average Bonchev–Trinajstić information content (AvgIpc) is 1.62. The summed E-state index contributed by atoms with van der Waals surface area (Å²) in [6.45, 7) is 5.75. The SMILES string of the molecule is CC(C)(C)/C=C(\O)C#N. The fourth-order valence-electron chi connectivity index (χ4n) is 0.442. The first-order valence-corrected chi connectivity index (χ1v) is 2.77. The lowest BCUT2D eigenvalue weighted by Gasteiger charge is -2.09. The Morgan fingerprint density at radius 1 is 1.56 bits per heavy atom. The van der Waals surface area contributed by atoms with Crippen LogP contribution < -0.4 is 0 Å². The van der Waals surface area contributed by atoms with Gasteiger partial charge in [0.25, 0.3) is 0 Å². The van der Waals surface area contributed by atoms with E-state index in [0.717, 1.165) is 0 Å². The minimum absolute atomic E-state index is 0.111. The van der Waals surface area contributed by atoms with E-state index in [2.05, 4.69) is 0 Å². The van der Waals surface area contributed by atoms with E-state index in [-0.39, 0.29) is 11.2 Å². The molecule has 0 unspecified atom stereocenters. The van der Waals surface area contributed by atoms with Crippen molar-refractivity contribution in [2.75, 3.05) is 0 Å². The van der Waals surface area contributed by atoms with Crippen LogP contribution in [0.4, 0.5) is 0 Å².